The van der Waals surface area contributed by atoms with Gasteiger partial charge in [0.15, 0.2) is 0 Å². The second-order valence-electron chi connectivity index (χ2n) is 2.87. The van der Waals surface area contributed by atoms with Crippen LogP contribution in [0.3, 0.4) is 0 Å². The SMILES string of the molecule is C=CNC(=C)/C=C(C)\C=C/C(=C)C=C. The van der Waals surface area contributed by atoms with Crippen molar-refractivity contribution < 1.29 is 0 Å². The molecule has 0 heterocycles. The monoisotopic (exact) mass is 187 g/mol. The first-order valence-electron chi connectivity index (χ1n) is 4.34. The van der Waals surface area contributed by atoms with Gasteiger partial charge in [0.2, 0.25) is 0 Å². The Bertz CT molecular complexity index is 303. The van der Waals surface area contributed by atoms with Gasteiger partial charge in [0.05, 0.1) is 0 Å². The third kappa shape index (κ3) is 5.84. The average molecular weight is 187 g/mol. The molecule has 0 aliphatic heterocycles. The third-order valence-electron chi connectivity index (χ3n) is 1.51. The molecule has 0 unspecified atom stereocenters. The summed E-state index contributed by atoms with van der Waals surface area (Å²) in [5.41, 5.74) is 2.79. The van der Waals surface area contributed by atoms with E-state index in [2.05, 4.69) is 31.6 Å². The number of hydrogen-bond donors (Lipinski definition) is 1. The maximum absolute atomic E-state index is 3.80. The molecule has 0 amide bonds. The second kappa shape index (κ2) is 6.72. The van der Waals surface area contributed by atoms with Gasteiger partial charge in [-0.3, -0.25) is 0 Å². The van der Waals surface area contributed by atoms with Crippen molar-refractivity contribution in [3.63, 3.8) is 0 Å². The lowest BCUT2D eigenvalue weighted by molar-refractivity contribution is 1.12. The molecule has 74 valence electrons. The van der Waals surface area contributed by atoms with Crippen LogP contribution in [0.15, 0.2) is 73.7 Å². The lowest BCUT2D eigenvalue weighted by Crippen LogP contribution is -1.99. The Balaban J connectivity index is 4.32. The maximum atomic E-state index is 3.80. The van der Waals surface area contributed by atoms with Crippen LogP contribution in [0.2, 0.25) is 0 Å². The average Bonchev–Trinajstić information content (AvgIpc) is 2.14. The number of hydrogen-bond acceptors (Lipinski definition) is 1. The minimum atomic E-state index is 0.811. The van der Waals surface area contributed by atoms with Crippen LogP contribution in [0.5, 0.6) is 0 Å². The summed E-state index contributed by atoms with van der Waals surface area (Å²) in [5.74, 6) is 0. The molecule has 0 aromatic heterocycles. The minimum Gasteiger partial charge on any atom is -0.363 e. The van der Waals surface area contributed by atoms with Gasteiger partial charge >= 0.3 is 0 Å². The van der Waals surface area contributed by atoms with Crippen molar-refractivity contribution >= 4 is 0 Å². The van der Waals surface area contributed by atoms with E-state index in [9.17, 15) is 0 Å². The van der Waals surface area contributed by atoms with Crippen LogP contribution in [0.4, 0.5) is 0 Å². The first-order chi connectivity index (χ1) is 6.60. The van der Waals surface area contributed by atoms with Crippen LogP contribution in [0.25, 0.3) is 0 Å². The predicted octanol–water partition coefficient (Wildman–Crippen LogP) is 3.48. The smallest absolute Gasteiger partial charge is 0.0309 e. The summed E-state index contributed by atoms with van der Waals surface area (Å²) >= 11 is 0. The maximum Gasteiger partial charge on any atom is 0.0309 e. The van der Waals surface area contributed by atoms with Crippen LogP contribution >= 0.6 is 0 Å². The van der Waals surface area contributed by atoms with E-state index in [-0.39, 0.29) is 0 Å². The molecule has 0 radical (unpaired) electrons. The van der Waals surface area contributed by atoms with Gasteiger partial charge in [-0.1, -0.05) is 44.5 Å². The summed E-state index contributed by atoms with van der Waals surface area (Å²) in [7, 11) is 0. The van der Waals surface area contributed by atoms with E-state index in [0.29, 0.717) is 0 Å². The zero-order valence-electron chi connectivity index (χ0n) is 8.72. The van der Waals surface area contributed by atoms with Crippen molar-refractivity contribution in [1.82, 2.24) is 5.32 Å². The van der Waals surface area contributed by atoms with Crippen LogP contribution in [-0.4, -0.2) is 0 Å². The predicted molar refractivity (Wildman–Crippen MR) is 64.7 cm³/mol. The van der Waals surface area contributed by atoms with Gasteiger partial charge in [0.1, 0.15) is 0 Å². The topological polar surface area (TPSA) is 12.0 Å². The Morgan fingerprint density at radius 3 is 2.29 bits per heavy atom. The van der Waals surface area contributed by atoms with E-state index < -0.39 is 0 Å². The van der Waals surface area contributed by atoms with E-state index in [1.807, 2.05) is 25.2 Å². The molecule has 0 saturated carbocycles. The molecular weight excluding hydrogens is 170 g/mol. The second-order valence-corrected chi connectivity index (χ2v) is 2.87. The summed E-state index contributed by atoms with van der Waals surface area (Å²) in [5, 5.41) is 2.89. The van der Waals surface area contributed by atoms with Crippen LogP contribution in [0, 0.1) is 0 Å². The van der Waals surface area contributed by atoms with Crippen molar-refractivity contribution in [3.8, 4) is 0 Å². The molecule has 1 nitrogen and oxygen atoms in total. The number of rotatable bonds is 6. The van der Waals surface area contributed by atoms with E-state index in [1.165, 1.54) is 0 Å². The lowest BCUT2D eigenvalue weighted by Gasteiger charge is -1.98. The van der Waals surface area contributed by atoms with Gasteiger partial charge in [0.25, 0.3) is 0 Å². The van der Waals surface area contributed by atoms with Gasteiger partial charge in [-0.05, 0) is 30.3 Å². The summed E-state index contributed by atoms with van der Waals surface area (Å²) in [4.78, 5) is 0. The fourth-order valence-corrected chi connectivity index (χ4v) is 0.802. The van der Waals surface area contributed by atoms with Crippen LogP contribution in [-0.2, 0) is 0 Å². The van der Waals surface area contributed by atoms with Crippen LogP contribution < -0.4 is 5.32 Å². The molecule has 0 saturated heterocycles. The van der Waals surface area contributed by atoms with Crippen molar-refractivity contribution in [2.24, 2.45) is 0 Å². The Kier molecular flexibility index (Phi) is 5.88. The molecule has 0 aliphatic rings. The van der Waals surface area contributed by atoms with Crippen molar-refractivity contribution in [2.75, 3.05) is 0 Å². The zero-order chi connectivity index (χ0) is 11.0. The lowest BCUT2D eigenvalue weighted by atomic mass is 10.2. The zero-order valence-corrected chi connectivity index (χ0v) is 8.72. The fraction of sp³-hybridized carbons (Fsp3) is 0.0769. The molecule has 0 rings (SSSR count). The van der Waals surface area contributed by atoms with Gasteiger partial charge < -0.3 is 5.32 Å². The molecule has 0 aromatic carbocycles. The first-order valence-corrected chi connectivity index (χ1v) is 4.34. The normalized spacial score (nSPS) is 11.1. The molecule has 0 aromatic rings. The fourth-order valence-electron chi connectivity index (χ4n) is 0.802. The van der Waals surface area contributed by atoms with Gasteiger partial charge in [-0.25, -0.2) is 0 Å². The number of nitrogens with one attached hydrogen (secondary N) is 1. The molecule has 1 N–H and O–H groups in total. The molecule has 0 spiro atoms. The first kappa shape index (κ1) is 12.2. The summed E-state index contributed by atoms with van der Waals surface area (Å²) in [6.45, 7) is 16.7. The highest BCUT2D eigenvalue weighted by atomic mass is 14.8. The molecule has 0 fully saturated rings. The van der Waals surface area contributed by atoms with E-state index in [0.717, 1.165) is 16.8 Å². The van der Waals surface area contributed by atoms with Crippen molar-refractivity contribution in [3.05, 3.63) is 73.7 Å². The molecule has 14 heavy (non-hydrogen) atoms. The Labute approximate surface area is 86.5 Å². The summed E-state index contributed by atoms with van der Waals surface area (Å²) in [6.07, 6.45) is 9.09. The highest BCUT2D eigenvalue weighted by Crippen LogP contribution is 2.02. The van der Waals surface area contributed by atoms with E-state index in [1.54, 1.807) is 12.3 Å². The van der Waals surface area contributed by atoms with Crippen LogP contribution in [0.1, 0.15) is 6.92 Å². The highest BCUT2D eigenvalue weighted by molar-refractivity contribution is 5.33. The molecule has 0 bridgehead atoms. The molecule has 1 heteroatoms. The number of allylic oxidation sites excluding steroid dienone is 6. The van der Waals surface area contributed by atoms with Crippen molar-refractivity contribution in [2.45, 2.75) is 6.92 Å². The summed E-state index contributed by atoms with van der Waals surface area (Å²) in [6, 6.07) is 0. The molecule has 0 aliphatic carbocycles. The molecule has 0 atom stereocenters. The molecular formula is C13H17N. The Hall–Kier alpha value is -1.76. The van der Waals surface area contributed by atoms with Crippen molar-refractivity contribution in [1.29, 1.82) is 0 Å². The Morgan fingerprint density at radius 1 is 1.14 bits per heavy atom. The summed E-state index contributed by atoms with van der Waals surface area (Å²) < 4.78 is 0. The van der Waals surface area contributed by atoms with Gasteiger partial charge in [-0.15, -0.1) is 0 Å². The largest absolute Gasteiger partial charge is 0.363 e. The minimum absolute atomic E-state index is 0.811. The third-order valence-corrected chi connectivity index (χ3v) is 1.51. The van der Waals surface area contributed by atoms with Gasteiger partial charge in [-0.2, -0.15) is 0 Å². The Morgan fingerprint density at radius 2 is 1.79 bits per heavy atom. The quantitative estimate of drug-likeness (QED) is 0.628. The van der Waals surface area contributed by atoms with E-state index >= 15 is 0 Å². The highest BCUT2D eigenvalue weighted by Gasteiger charge is 1.85. The van der Waals surface area contributed by atoms with Gasteiger partial charge in [0, 0.05) is 5.70 Å². The standard InChI is InChI=1S/C13H17N/c1-6-11(3)8-9-12(4)10-13(5)14-7-2/h6-10,14H,1-3,5H2,4H3/b9-8-,12-10-. The van der Waals surface area contributed by atoms with E-state index in [4.69, 9.17) is 0 Å².